The second-order valence-electron chi connectivity index (χ2n) is 8.26. The Morgan fingerprint density at radius 3 is 2.41 bits per heavy atom. The van der Waals surface area contributed by atoms with Gasteiger partial charge >= 0.3 is 12.0 Å². The third kappa shape index (κ3) is 7.74. The van der Waals surface area contributed by atoms with E-state index in [1.807, 2.05) is 34.6 Å². The van der Waals surface area contributed by atoms with Crippen LogP contribution in [0.4, 0.5) is 4.79 Å². The fraction of sp³-hybridized carbons (Fsp3) is 0.727. The van der Waals surface area contributed by atoms with Crippen molar-refractivity contribution in [1.29, 1.82) is 0 Å². The van der Waals surface area contributed by atoms with Gasteiger partial charge in [-0.05, 0) is 32.1 Å². The maximum atomic E-state index is 13.0. The highest BCUT2D eigenvalue weighted by Gasteiger charge is 2.32. The SMILES string of the molecule is CCNC(=O)N[C@H](C[C@H](C(C)C)N(C)C(=O)[C@@H](N)[C@@H](C)CC)c1nc(C(=O)OCC)cs1. The molecule has 1 aromatic heterocycles. The van der Waals surface area contributed by atoms with Crippen molar-refractivity contribution in [2.24, 2.45) is 17.6 Å². The van der Waals surface area contributed by atoms with Crippen molar-refractivity contribution in [2.75, 3.05) is 20.2 Å². The highest BCUT2D eigenvalue weighted by atomic mass is 32.1. The van der Waals surface area contributed by atoms with E-state index in [0.29, 0.717) is 18.0 Å². The number of carbonyl (C=O) groups excluding carboxylic acids is 3. The number of nitrogens with two attached hydrogens (primary N) is 1. The Labute approximate surface area is 195 Å². The number of urea groups is 1. The van der Waals surface area contributed by atoms with E-state index < -0.39 is 18.1 Å². The molecule has 0 aromatic carbocycles. The Hall–Kier alpha value is -2.20. The molecule has 10 heteroatoms. The van der Waals surface area contributed by atoms with Crippen molar-refractivity contribution < 1.29 is 19.1 Å². The number of likely N-dealkylation sites (N-methyl/N-ethyl adjacent to an activating group) is 1. The Kier molecular flexibility index (Phi) is 11.6. The number of hydrogen-bond acceptors (Lipinski definition) is 7. The van der Waals surface area contributed by atoms with E-state index in [1.54, 1.807) is 24.3 Å². The molecule has 0 saturated heterocycles. The predicted molar refractivity (Wildman–Crippen MR) is 126 cm³/mol. The number of rotatable bonds is 12. The number of thiazole rings is 1. The van der Waals surface area contributed by atoms with Crippen LogP contribution in [0.2, 0.25) is 0 Å². The Morgan fingerprint density at radius 2 is 1.88 bits per heavy atom. The first-order valence-corrected chi connectivity index (χ1v) is 12.1. The molecule has 3 amide bonds. The molecule has 0 unspecified atom stereocenters. The van der Waals surface area contributed by atoms with E-state index in [2.05, 4.69) is 15.6 Å². The summed E-state index contributed by atoms with van der Waals surface area (Å²) in [6.07, 6.45) is 1.24. The lowest BCUT2D eigenvalue weighted by Crippen LogP contribution is -2.51. The summed E-state index contributed by atoms with van der Waals surface area (Å²) in [7, 11) is 1.75. The zero-order valence-corrected chi connectivity index (χ0v) is 21.1. The van der Waals surface area contributed by atoms with Gasteiger partial charge < -0.3 is 26.0 Å². The van der Waals surface area contributed by atoms with Crippen molar-refractivity contribution in [3.8, 4) is 0 Å². The van der Waals surface area contributed by atoms with E-state index in [-0.39, 0.29) is 42.1 Å². The zero-order valence-electron chi connectivity index (χ0n) is 20.3. The van der Waals surface area contributed by atoms with Crippen LogP contribution in [-0.4, -0.2) is 60.1 Å². The molecular weight excluding hydrogens is 430 g/mol. The number of ether oxygens (including phenoxy) is 1. The summed E-state index contributed by atoms with van der Waals surface area (Å²) in [6, 6.07) is -1.61. The summed E-state index contributed by atoms with van der Waals surface area (Å²) in [5.41, 5.74) is 6.41. The van der Waals surface area contributed by atoms with E-state index in [9.17, 15) is 14.4 Å². The smallest absolute Gasteiger partial charge is 0.357 e. The van der Waals surface area contributed by atoms with Crippen LogP contribution in [0.1, 0.15) is 75.9 Å². The molecule has 1 rings (SSSR count). The fourth-order valence-electron chi connectivity index (χ4n) is 3.35. The monoisotopic (exact) mass is 469 g/mol. The van der Waals surface area contributed by atoms with Crippen LogP contribution in [0, 0.1) is 11.8 Å². The van der Waals surface area contributed by atoms with Gasteiger partial charge in [-0.3, -0.25) is 4.79 Å². The summed E-state index contributed by atoms with van der Waals surface area (Å²) < 4.78 is 5.03. The minimum atomic E-state index is -0.587. The van der Waals surface area contributed by atoms with Gasteiger partial charge in [0.15, 0.2) is 5.69 Å². The molecule has 0 saturated carbocycles. The first kappa shape index (κ1) is 27.8. The van der Waals surface area contributed by atoms with E-state index in [0.717, 1.165) is 6.42 Å². The van der Waals surface area contributed by atoms with Gasteiger partial charge in [-0.15, -0.1) is 11.3 Å². The van der Waals surface area contributed by atoms with Gasteiger partial charge in [0.2, 0.25) is 5.91 Å². The number of amides is 3. The van der Waals surface area contributed by atoms with Gasteiger partial charge in [0.1, 0.15) is 5.01 Å². The van der Waals surface area contributed by atoms with Crippen LogP contribution in [-0.2, 0) is 9.53 Å². The molecule has 4 atom stereocenters. The highest BCUT2D eigenvalue weighted by molar-refractivity contribution is 7.09. The van der Waals surface area contributed by atoms with Crippen LogP contribution in [0.15, 0.2) is 5.38 Å². The summed E-state index contributed by atoms with van der Waals surface area (Å²) in [4.78, 5) is 43.5. The van der Waals surface area contributed by atoms with Crippen molar-refractivity contribution in [3.05, 3.63) is 16.1 Å². The quantitative estimate of drug-likeness (QED) is 0.404. The van der Waals surface area contributed by atoms with Crippen LogP contribution < -0.4 is 16.4 Å². The number of nitrogens with one attached hydrogen (secondary N) is 2. The minimum Gasteiger partial charge on any atom is -0.461 e. The molecule has 0 bridgehead atoms. The molecule has 0 aliphatic rings. The molecule has 1 heterocycles. The van der Waals surface area contributed by atoms with Gasteiger partial charge in [0.25, 0.3) is 0 Å². The second-order valence-corrected chi connectivity index (χ2v) is 9.15. The number of carbonyl (C=O) groups is 3. The topological polar surface area (TPSA) is 127 Å². The minimum absolute atomic E-state index is 0.0631. The summed E-state index contributed by atoms with van der Waals surface area (Å²) in [5, 5.41) is 7.87. The van der Waals surface area contributed by atoms with Gasteiger partial charge in [-0.1, -0.05) is 34.1 Å². The van der Waals surface area contributed by atoms with Gasteiger partial charge in [-0.2, -0.15) is 0 Å². The molecule has 0 fully saturated rings. The van der Waals surface area contributed by atoms with E-state index >= 15 is 0 Å². The Balaban J connectivity index is 3.17. The molecule has 1 aromatic rings. The summed E-state index contributed by atoms with van der Waals surface area (Å²) >= 11 is 1.28. The lowest BCUT2D eigenvalue weighted by molar-refractivity contribution is -0.135. The Bertz CT molecular complexity index is 754. The van der Waals surface area contributed by atoms with Crippen LogP contribution in [0.3, 0.4) is 0 Å². The first-order valence-electron chi connectivity index (χ1n) is 11.3. The maximum absolute atomic E-state index is 13.0. The number of aromatic nitrogens is 1. The molecule has 0 radical (unpaired) electrons. The highest BCUT2D eigenvalue weighted by Crippen LogP contribution is 2.28. The van der Waals surface area contributed by atoms with Crippen molar-refractivity contribution >= 4 is 29.2 Å². The van der Waals surface area contributed by atoms with Crippen molar-refractivity contribution in [1.82, 2.24) is 20.5 Å². The van der Waals surface area contributed by atoms with Crippen LogP contribution in [0.5, 0.6) is 0 Å². The fourth-order valence-corrected chi connectivity index (χ4v) is 4.20. The molecule has 0 aliphatic carbocycles. The number of hydrogen-bond donors (Lipinski definition) is 3. The molecule has 0 spiro atoms. The average molecular weight is 470 g/mol. The lowest BCUT2D eigenvalue weighted by atomic mass is 9.93. The van der Waals surface area contributed by atoms with Crippen LogP contribution >= 0.6 is 11.3 Å². The van der Waals surface area contributed by atoms with E-state index in [4.69, 9.17) is 10.5 Å². The van der Waals surface area contributed by atoms with Gasteiger partial charge in [0.05, 0.1) is 18.7 Å². The molecule has 32 heavy (non-hydrogen) atoms. The van der Waals surface area contributed by atoms with Crippen LogP contribution in [0.25, 0.3) is 0 Å². The maximum Gasteiger partial charge on any atom is 0.357 e. The van der Waals surface area contributed by atoms with Crippen molar-refractivity contribution in [2.45, 2.75) is 72.5 Å². The number of esters is 1. The van der Waals surface area contributed by atoms with Gasteiger partial charge in [-0.25, -0.2) is 14.6 Å². The zero-order chi connectivity index (χ0) is 24.4. The summed E-state index contributed by atoms with van der Waals surface area (Å²) in [5.74, 6) is -0.454. The molecule has 0 aliphatic heterocycles. The lowest BCUT2D eigenvalue weighted by Gasteiger charge is -2.36. The average Bonchev–Trinajstić information content (AvgIpc) is 3.25. The molecular formula is C22H39N5O4S. The normalized spacial score (nSPS) is 14.9. The van der Waals surface area contributed by atoms with Crippen molar-refractivity contribution in [3.63, 3.8) is 0 Å². The molecule has 4 N–H and O–H groups in total. The largest absolute Gasteiger partial charge is 0.461 e. The predicted octanol–water partition coefficient (Wildman–Crippen LogP) is 2.93. The standard InChI is InChI=1S/C22H39N5O4S/c1-8-14(6)18(23)20(28)27(7)17(13(4)5)11-15(26-22(30)24-9-2)19-25-16(12-32-19)21(29)31-10-3/h12-15,17-18H,8-11,23H2,1-7H3,(H2,24,26,30)/t14-,15+,17+,18-/m0/s1. The molecule has 9 nitrogen and oxygen atoms in total. The number of nitrogens with zero attached hydrogens (tertiary/aromatic N) is 2. The van der Waals surface area contributed by atoms with Gasteiger partial charge in [0, 0.05) is 25.0 Å². The Morgan fingerprint density at radius 1 is 1.22 bits per heavy atom. The third-order valence-corrected chi connectivity index (χ3v) is 6.54. The second kappa shape index (κ2) is 13.4. The molecule has 182 valence electrons. The third-order valence-electron chi connectivity index (χ3n) is 5.58. The van der Waals surface area contributed by atoms with E-state index in [1.165, 1.54) is 11.3 Å². The first-order chi connectivity index (χ1) is 15.1. The summed E-state index contributed by atoms with van der Waals surface area (Å²) in [6.45, 7) is 12.3.